The Bertz CT molecular complexity index is 1300. The molecule has 0 N–H and O–H groups in total. The van der Waals surface area contributed by atoms with Crippen molar-refractivity contribution in [3.63, 3.8) is 0 Å². The summed E-state index contributed by atoms with van der Waals surface area (Å²) >= 11 is 0. The van der Waals surface area contributed by atoms with E-state index in [0.29, 0.717) is 0 Å². The molecule has 0 heteroatoms. The van der Waals surface area contributed by atoms with Gasteiger partial charge in [0, 0.05) is 10.8 Å². The van der Waals surface area contributed by atoms with E-state index in [2.05, 4.69) is 125 Å². The minimum absolute atomic E-state index is 0.113. The first kappa shape index (κ1) is 30.2. The van der Waals surface area contributed by atoms with Crippen LogP contribution in [0.5, 0.6) is 0 Å². The van der Waals surface area contributed by atoms with Gasteiger partial charge < -0.3 is 0 Å². The topological polar surface area (TPSA) is 0 Å². The van der Waals surface area contributed by atoms with Crippen molar-refractivity contribution in [2.24, 2.45) is 0 Å². The highest BCUT2D eigenvalue weighted by molar-refractivity contribution is 5.64. The lowest BCUT2D eigenvalue weighted by molar-refractivity contribution is 0.590. The molecule has 0 aromatic heterocycles. The first-order valence-corrected chi connectivity index (χ1v) is 14.5. The van der Waals surface area contributed by atoms with Crippen LogP contribution in [0.4, 0.5) is 0 Å². The number of hydrogen-bond acceptors (Lipinski definition) is 0. The molecule has 0 aliphatic heterocycles. The van der Waals surface area contributed by atoms with E-state index < -0.39 is 0 Å². The second kappa shape index (κ2) is 9.69. The predicted molar refractivity (Wildman–Crippen MR) is 170 cm³/mol. The van der Waals surface area contributed by atoms with Crippen molar-refractivity contribution in [2.75, 3.05) is 0 Å². The highest BCUT2D eigenvalue weighted by atomic mass is 14.4. The number of rotatable bonds is 4. The molecule has 3 aromatic carbocycles. The summed E-state index contributed by atoms with van der Waals surface area (Å²) in [6.45, 7) is 42.5. The van der Waals surface area contributed by atoms with E-state index in [1.807, 2.05) is 0 Å². The SMILES string of the molecule is Cc1c(C)c(C)c(C(C)(C)c2c(C)c(C)c(C)c(C(C)(C)c3c(C)c(C)c(C)c(C)c3C)c2C)c(C)c1C. The van der Waals surface area contributed by atoms with Crippen LogP contribution in [0.3, 0.4) is 0 Å². The van der Waals surface area contributed by atoms with E-state index in [0.717, 1.165) is 0 Å². The van der Waals surface area contributed by atoms with E-state index in [1.54, 1.807) is 0 Å². The molecule has 0 saturated carbocycles. The molecule has 3 rings (SSSR count). The van der Waals surface area contributed by atoms with Crippen LogP contribution in [0.25, 0.3) is 0 Å². The van der Waals surface area contributed by atoms with Gasteiger partial charge in [0.2, 0.25) is 0 Å². The van der Waals surface area contributed by atoms with Crippen LogP contribution >= 0.6 is 0 Å². The molecule has 0 spiro atoms. The molecule has 0 radical (unpaired) electrons. The molecule has 0 heterocycles. The zero-order valence-corrected chi connectivity index (χ0v) is 28.0. The Labute approximate surface area is 235 Å². The average molecular weight is 511 g/mol. The summed E-state index contributed by atoms with van der Waals surface area (Å²) in [7, 11) is 0. The maximum atomic E-state index is 2.47. The second-order valence-corrected chi connectivity index (χ2v) is 13.5. The molecule has 0 aliphatic rings. The first-order valence-electron chi connectivity index (χ1n) is 14.5. The van der Waals surface area contributed by atoms with Gasteiger partial charge in [-0.15, -0.1) is 0 Å². The fourth-order valence-corrected chi connectivity index (χ4v) is 8.34. The molecule has 3 aromatic rings. The van der Waals surface area contributed by atoms with Crippen molar-refractivity contribution < 1.29 is 0 Å². The summed E-state index contributed by atoms with van der Waals surface area (Å²) < 4.78 is 0. The summed E-state index contributed by atoms with van der Waals surface area (Å²) in [6.07, 6.45) is 0. The second-order valence-electron chi connectivity index (χ2n) is 13.5. The van der Waals surface area contributed by atoms with Crippen LogP contribution in [-0.4, -0.2) is 0 Å². The summed E-state index contributed by atoms with van der Waals surface area (Å²) in [6, 6.07) is 0. The van der Waals surface area contributed by atoms with Gasteiger partial charge in [-0.3, -0.25) is 0 Å². The molecule has 206 valence electrons. The van der Waals surface area contributed by atoms with Gasteiger partial charge in [0.05, 0.1) is 0 Å². The minimum Gasteiger partial charge on any atom is -0.0516 e. The summed E-state index contributed by atoms with van der Waals surface area (Å²) in [5.41, 5.74) is 26.0. The van der Waals surface area contributed by atoms with Crippen LogP contribution < -0.4 is 0 Å². The molecule has 0 bridgehead atoms. The molecule has 0 saturated heterocycles. The molecular weight excluding hydrogens is 456 g/mol. The van der Waals surface area contributed by atoms with Crippen LogP contribution in [0, 0.1) is 96.9 Å². The normalized spacial score (nSPS) is 12.5. The number of hydrogen-bond donors (Lipinski definition) is 0. The molecule has 0 fully saturated rings. The summed E-state index contributed by atoms with van der Waals surface area (Å²) in [5.74, 6) is 0. The fourth-order valence-electron chi connectivity index (χ4n) is 8.34. The Kier molecular flexibility index (Phi) is 7.70. The minimum atomic E-state index is -0.113. The monoisotopic (exact) mass is 510 g/mol. The molecule has 0 atom stereocenters. The van der Waals surface area contributed by atoms with Crippen molar-refractivity contribution in [2.45, 2.75) is 135 Å². The zero-order chi connectivity index (χ0) is 29.4. The lowest BCUT2D eigenvalue weighted by atomic mass is 9.63. The molecule has 38 heavy (non-hydrogen) atoms. The zero-order valence-electron chi connectivity index (χ0n) is 28.0. The number of benzene rings is 3. The lowest BCUT2D eigenvalue weighted by Gasteiger charge is -2.40. The fraction of sp³-hybridized carbons (Fsp3) is 0.526. The molecule has 0 aliphatic carbocycles. The lowest BCUT2D eigenvalue weighted by Crippen LogP contribution is -2.31. The summed E-state index contributed by atoms with van der Waals surface area (Å²) in [5, 5.41) is 0. The van der Waals surface area contributed by atoms with Gasteiger partial charge in [0.1, 0.15) is 0 Å². The Morgan fingerprint density at radius 3 is 0.553 bits per heavy atom. The Morgan fingerprint density at radius 2 is 0.342 bits per heavy atom. The standard InChI is InChI=1S/C38H54/c1-19-21(3)26(8)33(27(9)22(19)4)37(15,16)35-30(12)25(7)31(13)36(32(35)14)38(17,18)34-28(10)23(5)20(2)24(6)29(34)11/h1-18H3. The summed E-state index contributed by atoms with van der Waals surface area (Å²) in [4.78, 5) is 0. The Hall–Kier alpha value is -2.34. The first-order chi connectivity index (χ1) is 17.2. The molecule has 0 amide bonds. The highest BCUT2D eigenvalue weighted by Gasteiger charge is 2.38. The van der Waals surface area contributed by atoms with Crippen LogP contribution in [-0.2, 0) is 10.8 Å². The third-order valence-corrected chi connectivity index (χ3v) is 11.1. The van der Waals surface area contributed by atoms with Gasteiger partial charge in [0.25, 0.3) is 0 Å². The Balaban J connectivity index is 2.51. The average Bonchev–Trinajstić information content (AvgIpc) is 2.82. The van der Waals surface area contributed by atoms with Gasteiger partial charge in [-0.1, -0.05) is 27.7 Å². The predicted octanol–water partition coefficient (Wildman–Crippen LogP) is 10.7. The van der Waals surface area contributed by atoms with Gasteiger partial charge in [-0.25, -0.2) is 0 Å². The molecule has 0 unspecified atom stereocenters. The third kappa shape index (κ3) is 4.09. The van der Waals surface area contributed by atoms with Crippen LogP contribution in [0.15, 0.2) is 0 Å². The largest absolute Gasteiger partial charge is 0.0516 e. The van der Waals surface area contributed by atoms with E-state index in [-0.39, 0.29) is 10.8 Å². The van der Waals surface area contributed by atoms with Gasteiger partial charge >= 0.3 is 0 Å². The van der Waals surface area contributed by atoms with E-state index in [4.69, 9.17) is 0 Å². The quantitative estimate of drug-likeness (QED) is 0.327. The Morgan fingerprint density at radius 1 is 0.211 bits per heavy atom. The molecule has 0 nitrogen and oxygen atoms in total. The van der Waals surface area contributed by atoms with E-state index >= 15 is 0 Å². The van der Waals surface area contributed by atoms with Crippen molar-refractivity contribution in [1.82, 2.24) is 0 Å². The molecular formula is C38H54. The van der Waals surface area contributed by atoms with Crippen molar-refractivity contribution in [1.29, 1.82) is 0 Å². The van der Waals surface area contributed by atoms with Gasteiger partial charge in [0.15, 0.2) is 0 Å². The van der Waals surface area contributed by atoms with Crippen LogP contribution in [0.2, 0.25) is 0 Å². The highest BCUT2D eigenvalue weighted by Crippen LogP contribution is 2.48. The van der Waals surface area contributed by atoms with Crippen molar-refractivity contribution in [3.8, 4) is 0 Å². The van der Waals surface area contributed by atoms with Crippen LogP contribution in [0.1, 0.15) is 128 Å². The maximum Gasteiger partial charge on any atom is 0.0157 e. The maximum absolute atomic E-state index is 2.47. The van der Waals surface area contributed by atoms with E-state index in [1.165, 1.54) is 100 Å². The third-order valence-electron chi connectivity index (χ3n) is 11.1. The van der Waals surface area contributed by atoms with E-state index in [9.17, 15) is 0 Å². The van der Waals surface area contributed by atoms with Gasteiger partial charge in [-0.2, -0.15) is 0 Å². The van der Waals surface area contributed by atoms with Crippen molar-refractivity contribution >= 4 is 0 Å². The smallest absolute Gasteiger partial charge is 0.0157 e. The van der Waals surface area contributed by atoms with Crippen molar-refractivity contribution in [3.05, 3.63) is 100 Å². The van der Waals surface area contributed by atoms with Gasteiger partial charge in [-0.05, 0) is 197 Å².